The molecule has 88 valence electrons. The molecule has 0 aromatic carbocycles. The van der Waals surface area contributed by atoms with Crippen LogP contribution >= 0.6 is 0 Å². The van der Waals surface area contributed by atoms with E-state index < -0.39 is 5.97 Å². The van der Waals surface area contributed by atoms with Crippen LogP contribution in [0.1, 0.15) is 31.3 Å². The summed E-state index contributed by atoms with van der Waals surface area (Å²) >= 11 is 0. The SMILES string of the molecule is CC(C)C(C)C(=O)Nc1cc(C(=O)O)[nH]n1. The number of hydrogen-bond donors (Lipinski definition) is 3. The van der Waals surface area contributed by atoms with E-state index in [1.807, 2.05) is 20.8 Å². The quantitative estimate of drug-likeness (QED) is 0.720. The van der Waals surface area contributed by atoms with Crippen LogP contribution in [0.25, 0.3) is 0 Å². The summed E-state index contributed by atoms with van der Waals surface area (Å²) < 4.78 is 0. The Morgan fingerprint density at radius 3 is 2.50 bits per heavy atom. The van der Waals surface area contributed by atoms with Crippen molar-refractivity contribution in [1.29, 1.82) is 0 Å². The number of anilines is 1. The van der Waals surface area contributed by atoms with E-state index in [1.165, 1.54) is 6.07 Å². The summed E-state index contributed by atoms with van der Waals surface area (Å²) in [5.41, 5.74) is -0.0486. The average molecular weight is 225 g/mol. The molecule has 0 fully saturated rings. The van der Waals surface area contributed by atoms with Gasteiger partial charge < -0.3 is 10.4 Å². The molecule has 0 aliphatic carbocycles. The van der Waals surface area contributed by atoms with Crippen molar-refractivity contribution >= 4 is 17.7 Å². The molecule has 1 aromatic heterocycles. The number of carbonyl (C=O) groups excluding carboxylic acids is 1. The second-order valence-corrected chi connectivity index (χ2v) is 3.99. The largest absolute Gasteiger partial charge is 0.477 e. The van der Waals surface area contributed by atoms with E-state index in [-0.39, 0.29) is 29.3 Å². The van der Waals surface area contributed by atoms with Gasteiger partial charge in [0.15, 0.2) is 5.82 Å². The lowest BCUT2D eigenvalue weighted by Crippen LogP contribution is -2.24. The van der Waals surface area contributed by atoms with Crippen LogP contribution in [0.2, 0.25) is 0 Å². The summed E-state index contributed by atoms with van der Waals surface area (Å²) in [4.78, 5) is 22.2. The van der Waals surface area contributed by atoms with Crippen molar-refractivity contribution in [2.45, 2.75) is 20.8 Å². The van der Waals surface area contributed by atoms with Crippen LogP contribution in [0.3, 0.4) is 0 Å². The fourth-order valence-corrected chi connectivity index (χ4v) is 1.04. The first-order chi connectivity index (χ1) is 7.41. The van der Waals surface area contributed by atoms with Crippen LogP contribution in [0.4, 0.5) is 5.82 Å². The van der Waals surface area contributed by atoms with Gasteiger partial charge in [0.05, 0.1) is 0 Å². The highest BCUT2D eigenvalue weighted by Crippen LogP contribution is 2.13. The summed E-state index contributed by atoms with van der Waals surface area (Å²) in [6.45, 7) is 5.69. The van der Waals surface area contributed by atoms with E-state index in [4.69, 9.17) is 5.11 Å². The zero-order chi connectivity index (χ0) is 12.3. The number of aromatic amines is 1. The smallest absolute Gasteiger partial charge is 0.353 e. The second kappa shape index (κ2) is 4.78. The summed E-state index contributed by atoms with van der Waals surface area (Å²) in [5.74, 6) is -0.971. The average Bonchev–Trinajstić information content (AvgIpc) is 2.64. The number of nitrogens with one attached hydrogen (secondary N) is 2. The van der Waals surface area contributed by atoms with Gasteiger partial charge in [0.1, 0.15) is 5.69 Å². The van der Waals surface area contributed by atoms with E-state index in [1.54, 1.807) is 0 Å². The number of aromatic carboxylic acids is 1. The molecule has 0 aliphatic rings. The number of rotatable bonds is 4. The Hall–Kier alpha value is -1.85. The lowest BCUT2D eigenvalue weighted by Gasteiger charge is -2.13. The van der Waals surface area contributed by atoms with Gasteiger partial charge in [0.2, 0.25) is 5.91 Å². The fraction of sp³-hybridized carbons (Fsp3) is 0.500. The molecule has 6 nitrogen and oxygen atoms in total. The minimum atomic E-state index is -1.11. The van der Waals surface area contributed by atoms with Crippen molar-refractivity contribution in [3.05, 3.63) is 11.8 Å². The predicted octanol–water partition coefficient (Wildman–Crippen LogP) is 1.34. The Balaban J connectivity index is 2.66. The maximum absolute atomic E-state index is 11.6. The van der Waals surface area contributed by atoms with Gasteiger partial charge in [-0.1, -0.05) is 20.8 Å². The molecular formula is C10H15N3O3. The highest BCUT2D eigenvalue weighted by Gasteiger charge is 2.18. The van der Waals surface area contributed by atoms with Gasteiger partial charge in [0, 0.05) is 12.0 Å². The number of hydrogen-bond acceptors (Lipinski definition) is 3. The minimum absolute atomic E-state index is 0.0486. The number of H-pyrrole nitrogens is 1. The standard InChI is InChI=1S/C10H15N3O3/c1-5(2)6(3)9(14)11-8-4-7(10(15)16)12-13-8/h4-6H,1-3H3,(H,15,16)(H2,11,12,13,14). The third-order valence-corrected chi connectivity index (χ3v) is 2.47. The molecule has 1 unspecified atom stereocenters. The van der Waals surface area contributed by atoms with Gasteiger partial charge in [-0.05, 0) is 5.92 Å². The molecule has 1 rings (SSSR count). The molecule has 16 heavy (non-hydrogen) atoms. The molecule has 1 atom stereocenters. The predicted molar refractivity (Wildman–Crippen MR) is 58.2 cm³/mol. The van der Waals surface area contributed by atoms with Crippen LogP contribution in [-0.4, -0.2) is 27.2 Å². The van der Waals surface area contributed by atoms with Crippen molar-refractivity contribution in [2.24, 2.45) is 11.8 Å². The van der Waals surface area contributed by atoms with Crippen molar-refractivity contribution in [1.82, 2.24) is 10.2 Å². The van der Waals surface area contributed by atoms with E-state index >= 15 is 0 Å². The monoisotopic (exact) mass is 225 g/mol. The van der Waals surface area contributed by atoms with Gasteiger partial charge in [-0.15, -0.1) is 0 Å². The maximum Gasteiger partial charge on any atom is 0.353 e. The Labute approximate surface area is 93.1 Å². The molecule has 0 radical (unpaired) electrons. The number of aromatic nitrogens is 2. The Bertz CT molecular complexity index is 398. The van der Waals surface area contributed by atoms with Gasteiger partial charge >= 0.3 is 5.97 Å². The number of carboxylic acids is 1. The van der Waals surface area contributed by atoms with E-state index in [9.17, 15) is 9.59 Å². The van der Waals surface area contributed by atoms with E-state index in [2.05, 4.69) is 15.5 Å². The molecule has 3 N–H and O–H groups in total. The van der Waals surface area contributed by atoms with Gasteiger partial charge in [-0.3, -0.25) is 9.89 Å². The molecule has 0 aliphatic heterocycles. The summed E-state index contributed by atoms with van der Waals surface area (Å²) in [5, 5.41) is 17.2. The summed E-state index contributed by atoms with van der Waals surface area (Å²) in [7, 11) is 0. The number of amides is 1. The molecule has 1 heterocycles. The first-order valence-electron chi connectivity index (χ1n) is 5.01. The molecule has 0 saturated heterocycles. The second-order valence-electron chi connectivity index (χ2n) is 3.99. The molecule has 0 bridgehead atoms. The van der Waals surface area contributed by atoms with Crippen molar-refractivity contribution in [2.75, 3.05) is 5.32 Å². The molecule has 0 spiro atoms. The fourth-order valence-electron chi connectivity index (χ4n) is 1.04. The van der Waals surface area contributed by atoms with Crippen LogP contribution in [0.15, 0.2) is 6.07 Å². The van der Waals surface area contributed by atoms with Gasteiger partial charge in [-0.25, -0.2) is 4.79 Å². The lowest BCUT2D eigenvalue weighted by atomic mass is 9.97. The third kappa shape index (κ3) is 2.82. The molecule has 0 saturated carbocycles. The minimum Gasteiger partial charge on any atom is -0.477 e. The van der Waals surface area contributed by atoms with Crippen LogP contribution < -0.4 is 5.32 Å². The van der Waals surface area contributed by atoms with Crippen molar-refractivity contribution < 1.29 is 14.7 Å². The topological polar surface area (TPSA) is 95.1 Å². The zero-order valence-electron chi connectivity index (χ0n) is 9.44. The highest BCUT2D eigenvalue weighted by molar-refractivity contribution is 5.93. The first kappa shape index (κ1) is 12.2. The van der Waals surface area contributed by atoms with Crippen LogP contribution in [0, 0.1) is 11.8 Å². The van der Waals surface area contributed by atoms with Gasteiger partial charge in [0.25, 0.3) is 0 Å². The Morgan fingerprint density at radius 2 is 2.06 bits per heavy atom. The van der Waals surface area contributed by atoms with Crippen molar-refractivity contribution in [3.63, 3.8) is 0 Å². The van der Waals surface area contributed by atoms with E-state index in [0.717, 1.165) is 0 Å². The lowest BCUT2D eigenvalue weighted by molar-refractivity contribution is -0.120. The summed E-state index contributed by atoms with van der Waals surface area (Å²) in [6, 6.07) is 1.28. The number of carboxylic acid groups (broad SMARTS) is 1. The Morgan fingerprint density at radius 1 is 1.44 bits per heavy atom. The van der Waals surface area contributed by atoms with Crippen LogP contribution in [0.5, 0.6) is 0 Å². The van der Waals surface area contributed by atoms with E-state index in [0.29, 0.717) is 0 Å². The normalized spacial score (nSPS) is 12.5. The maximum atomic E-state index is 11.6. The third-order valence-electron chi connectivity index (χ3n) is 2.47. The van der Waals surface area contributed by atoms with Gasteiger partial charge in [-0.2, -0.15) is 5.10 Å². The van der Waals surface area contributed by atoms with Crippen molar-refractivity contribution in [3.8, 4) is 0 Å². The number of carbonyl (C=O) groups is 2. The number of nitrogens with zero attached hydrogens (tertiary/aromatic N) is 1. The highest BCUT2D eigenvalue weighted by atomic mass is 16.4. The molecular weight excluding hydrogens is 210 g/mol. The Kier molecular flexibility index (Phi) is 3.65. The zero-order valence-corrected chi connectivity index (χ0v) is 9.44. The molecule has 1 aromatic rings. The van der Waals surface area contributed by atoms with Crippen LogP contribution in [-0.2, 0) is 4.79 Å². The summed E-state index contributed by atoms with van der Waals surface area (Å²) in [6.07, 6.45) is 0. The molecule has 1 amide bonds. The first-order valence-corrected chi connectivity index (χ1v) is 5.01. The molecule has 6 heteroatoms.